The van der Waals surface area contributed by atoms with Crippen LogP contribution in [0.2, 0.25) is 0 Å². The van der Waals surface area contributed by atoms with Crippen molar-refractivity contribution in [2.75, 3.05) is 0 Å². The van der Waals surface area contributed by atoms with Gasteiger partial charge in [0, 0.05) is 1.43 Å². The standard InChI is InChI=1S/C5H13NO2Si.C4H8.CO2.2CH4.H5NSi.H2/c1-5(2,3)8-4(7)6-9;1-4(2)3;2-1-3;;;1-2;/h1-3,9H3,(H,6,7);1H2,2-3H3;;2*1H4;1H2,2H3;1H/i;;;;;;1+1. The van der Waals surface area contributed by atoms with Crippen LogP contribution in [0.3, 0.4) is 0 Å². The highest BCUT2D eigenvalue weighted by molar-refractivity contribution is 6.12. The molecule has 8 heteroatoms. The van der Waals surface area contributed by atoms with Gasteiger partial charge in [0.05, 0.1) is 10.4 Å². The zero-order chi connectivity index (χ0) is 15.8. The normalized spacial score (nSPS) is 7.10. The Morgan fingerprint density at radius 1 is 1.25 bits per heavy atom. The molecule has 0 heterocycles. The van der Waals surface area contributed by atoms with Crippen molar-refractivity contribution in [2.24, 2.45) is 5.40 Å². The fourth-order valence-corrected chi connectivity index (χ4v) is 0.431. The zero-order valence-electron chi connectivity index (χ0n) is 12.4. The maximum Gasteiger partial charge on any atom is 0.398 e. The summed E-state index contributed by atoms with van der Waals surface area (Å²) in [6, 6.07) is 0. The lowest BCUT2D eigenvalue weighted by Crippen LogP contribution is -2.30. The number of nitrogens with one attached hydrogen (secondary N) is 1. The van der Waals surface area contributed by atoms with Gasteiger partial charge >= 0.3 is 12.2 Å². The molecule has 0 rings (SSSR count). The van der Waals surface area contributed by atoms with E-state index in [0.29, 0.717) is 10.4 Å². The van der Waals surface area contributed by atoms with Crippen molar-refractivity contribution in [3.63, 3.8) is 0 Å². The fourth-order valence-electron chi connectivity index (χ4n) is 0.329. The van der Waals surface area contributed by atoms with Crippen molar-refractivity contribution < 1.29 is 20.5 Å². The summed E-state index contributed by atoms with van der Waals surface area (Å²) in [5.74, 6) is 0. The predicted molar refractivity (Wildman–Crippen MR) is 94.5 cm³/mol. The van der Waals surface area contributed by atoms with Crippen LogP contribution in [0.1, 0.15) is 50.9 Å². The molecule has 0 saturated carbocycles. The lowest BCUT2D eigenvalue weighted by molar-refractivity contribution is -0.191. The first kappa shape index (κ1) is 36.4. The van der Waals surface area contributed by atoms with Gasteiger partial charge < -0.3 is 15.1 Å². The second-order valence-corrected chi connectivity index (χ2v) is 4.54. The summed E-state index contributed by atoms with van der Waals surface area (Å²) in [6.45, 7) is 13.0. The average Bonchev–Trinajstić information content (AvgIpc) is 2.18. The molecule has 20 heavy (non-hydrogen) atoms. The van der Waals surface area contributed by atoms with Crippen LogP contribution in [0.5, 0.6) is 0 Å². The van der Waals surface area contributed by atoms with Gasteiger partial charge in [-0.2, -0.15) is 9.59 Å². The molecule has 0 aromatic heterocycles. The molecule has 0 atom stereocenters. The van der Waals surface area contributed by atoms with E-state index in [-0.39, 0.29) is 34.1 Å². The van der Waals surface area contributed by atoms with Crippen LogP contribution in [-0.4, -0.2) is 38.7 Å². The van der Waals surface area contributed by atoms with Gasteiger partial charge in [-0.1, -0.05) is 20.4 Å². The summed E-state index contributed by atoms with van der Waals surface area (Å²) in [4.78, 5) is 29.3. The minimum atomic E-state index is -0.367. The van der Waals surface area contributed by atoms with E-state index in [1.165, 1.54) is 5.57 Å². The molecule has 0 saturated heterocycles. The third kappa shape index (κ3) is 125. The molecule has 0 fully saturated rings. The topological polar surface area (TPSA) is 98.5 Å². The number of amides is 1. The van der Waals surface area contributed by atoms with Gasteiger partial charge in [0.1, 0.15) is 16.0 Å². The molecule has 0 aliphatic heterocycles. The van der Waals surface area contributed by atoms with Crippen LogP contribution in [-0.2, 0) is 14.3 Å². The third-order valence-corrected chi connectivity index (χ3v) is 1.01. The first-order valence-corrected chi connectivity index (χ1v) is 7.36. The van der Waals surface area contributed by atoms with E-state index in [2.05, 4.69) is 17.0 Å². The smallest absolute Gasteiger partial charge is 0.398 e. The summed E-state index contributed by atoms with van der Waals surface area (Å²) in [5, 5.41) is 4.64. The Kier molecular flexibility index (Phi) is 47.9. The van der Waals surface area contributed by atoms with Gasteiger partial charge in [0.15, 0.2) is 0 Å². The lowest BCUT2D eigenvalue weighted by Gasteiger charge is -2.18. The van der Waals surface area contributed by atoms with Crippen LogP contribution >= 0.6 is 0 Å². The Hall–Kier alpha value is -1.22. The molecule has 0 bridgehead atoms. The number of nitrogens with two attached hydrogens (primary N) is 1. The van der Waals surface area contributed by atoms with Gasteiger partial charge in [-0.15, -0.1) is 6.58 Å². The van der Waals surface area contributed by atoms with Crippen LogP contribution in [0.4, 0.5) is 4.79 Å². The Bertz CT molecular complexity index is 250. The molecule has 0 aliphatic carbocycles. The van der Waals surface area contributed by atoms with Gasteiger partial charge in [-0.05, 0) is 34.6 Å². The minimum absolute atomic E-state index is 0. The molecular formula is C12H36N2O4Si2. The summed E-state index contributed by atoms with van der Waals surface area (Å²) in [7, 11) is 1.45. The lowest BCUT2D eigenvalue weighted by atomic mass is 10.2. The van der Waals surface area contributed by atoms with E-state index in [1.54, 1.807) is 0 Å². The number of rotatable bonds is 0. The predicted octanol–water partition coefficient (Wildman–Crippen LogP) is 0.534. The van der Waals surface area contributed by atoms with Crippen molar-refractivity contribution in [3.05, 3.63) is 12.2 Å². The van der Waals surface area contributed by atoms with Gasteiger partial charge in [0.25, 0.3) is 0 Å². The van der Waals surface area contributed by atoms with Crippen LogP contribution < -0.4 is 10.4 Å². The van der Waals surface area contributed by atoms with E-state index >= 15 is 0 Å². The molecule has 0 aromatic carbocycles. The molecule has 6 nitrogen and oxygen atoms in total. The molecule has 0 aliphatic rings. The summed E-state index contributed by atoms with van der Waals surface area (Å²) in [6.07, 6.45) is -0.0748. The molecular weight excluding hydrogens is 292 g/mol. The fraction of sp³-hybridized carbons (Fsp3) is 0.667. The third-order valence-electron chi connectivity index (χ3n) is 0.603. The number of carbonyl (C=O) groups is 1. The number of allylic oxidation sites excluding steroid dienone is 1. The Balaban J connectivity index is -0.0000000282. The van der Waals surface area contributed by atoms with Crippen LogP contribution in [0, 0.1) is 0 Å². The molecule has 0 spiro atoms. The second-order valence-electron chi connectivity index (χ2n) is 4.04. The first-order chi connectivity index (χ1) is 8.10. The number of hydrogen-bond acceptors (Lipinski definition) is 5. The van der Waals surface area contributed by atoms with Gasteiger partial charge in [-0.3, -0.25) is 0 Å². The first-order valence-electron chi connectivity index (χ1n) is 5.20. The average molecular weight is 330 g/mol. The second kappa shape index (κ2) is 26.4. The Labute approximate surface area is 132 Å². The van der Waals surface area contributed by atoms with Gasteiger partial charge in [0.2, 0.25) is 0 Å². The number of hydrogen-bond donors (Lipinski definition) is 2. The highest BCUT2D eigenvalue weighted by Crippen LogP contribution is 2.05. The summed E-state index contributed by atoms with van der Waals surface area (Å²) in [5.41, 5.74) is 0.800. The molecule has 3 N–H and O–H groups in total. The van der Waals surface area contributed by atoms with Crippen LogP contribution in [0.15, 0.2) is 12.2 Å². The van der Waals surface area contributed by atoms with Crippen LogP contribution in [0.25, 0.3) is 0 Å². The maximum absolute atomic E-state index is 10.5. The SMILES string of the molecule is C.C.C=C(C)C.CC(C)(C)OC(=O)N[SiH3].N[SiH3].O=C=O.[2HH]. The highest BCUT2D eigenvalue weighted by atomic mass is 28.2. The van der Waals surface area contributed by atoms with E-state index in [9.17, 15) is 4.79 Å². The monoisotopic (exact) mass is 329 g/mol. The van der Waals surface area contributed by atoms with Crippen molar-refractivity contribution in [1.29, 1.82) is 0 Å². The van der Waals surface area contributed by atoms with E-state index < -0.39 is 0 Å². The molecule has 126 valence electrons. The summed E-state index contributed by atoms with van der Waals surface area (Å²) >= 11 is 0. The van der Waals surface area contributed by atoms with Gasteiger partial charge in [-0.25, -0.2) is 4.79 Å². The van der Waals surface area contributed by atoms with Crippen molar-refractivity contribution in [2.45, 2.75) is 55.1 Å². The van der Waals surface area contributed by atoms with E-state index in [0.717, 1.165) is 10.4 Å². The summed E-state index contributed by atoms with van der Waals surface area (Å²) < 4.78 is 4.87. The maximum atomic E-state index is 10.5. The Morgan fingerprint density at radius 3 is 1.50 bits per heavy atom. The van der Waals surface area contributed by atoms with E-state index in [4.69, 9.17) is 14.3 Å². The minimum Gasteiger partial charge on any atom is -0.444 e. The van der Waals surface area contributed by atoms with E-state index in [1.807, 2.05) is 34.6 Å². The molecule has 0 unspecified atom stereocenters. The number of ether oxygens (including phenoxy) is 1. The van der Waals surface area contributed by atoms with Crippen molar-refractivity contribution >= 4 is 33.1 Å². The molecule has 0 radical (unpaired) electrons. The quantitative estimate of drug-likeness (QED) is 0.499. The number of carbonyl (C=O) groups excluding carboxylic acids is 3. The molecule has 1 amide bonds. The van der Waals surface area contributed by atoms with Crippen molar-refractivity contribution in [3.8, 4) is 0 Å². The highest BCUT2D eigenvalue weighted by Gasteiger charge is 2.13. The zero-order valence-corrected chi connectivity index (χ0v) is 16.4. The molecule has 0 aromatic rings. The van der Waals surface area contributed by atoms with Crippen molar-refractivity contribution in [1.82, 2.24) is 4.98 Å². The largest absolute Gasteiger partial charge is 0.444 e. The Morgan fingerprint density at radius 2 is 1.45 bits per heavy atom.